The maximum absolute atomic E-state index is 12.4. The molecule has 0 heterocycles. The van der Waals surface area contributed by atoms with Crippen LogP contribution in [-0.4, -0.2) is 17.2 Å². The Hall–Kier alpha value is -1.65. The van der Waals surface area contributed by atoms with Crippen molar-refractivity contribution in [2.45, 2.75) is 6.11 Å². The van der Waals surface area contributed by atoms with Gasteiger partial charge in [0.05, 0.1) is 0 Å². The van der Waals surface area contributed by atoms with E-state index in [0.717, 1.165) is 0 Å². The molecule has 1 aromatic carbocycles. The number of ether oxygens (including phenoxy) is 1. The molecule has 1 atom stereocenters. The summed E-state index contributed by atoms with van der Waals surface area (Å²) < 4.78 is 28.8. The van der Waals surface area contributed by atoms with E-state index in [9.17, 15) is 13.6 Å². The molecule has 1 unspecified atom stereocenters. The monoisotopic (exact) mass is 187 g/mol. The average Bonchev–Trinajstić information content (AvgIpc) is 2.05. The van der Waals surface area contributed by atoms with Gasteiger partial charge in [0.25, 0.3) is 0 Å². The molecule has 1 rings (SSSR count). The van der Waals surface area contributed by atoms with Crippen molar-refractivity contribution in [1.29, 1.82) is 0 Å². The van der Waals surface area contributed by atoms with E-state index < -0.39 is 12.1 Å². The SMILES string of the molecule is O=C(O)C(F)([18F])Oc1ccccc1. The topological polar surface area (TPSA) is 46.5 Å². The van der Waals surface area contributed by atoms with Gasteiger partial charge in [0.2, 0.25) is 0 Å². The van der Waals surface area contributed by atoms with E-state index in [0.29, 0.717) is 0 Å². The van der Waals surface area contributed by atoms with E-state index in [4.69, 9.17) is 5.11 Å². The molecule has 0 spiro atoms. The Kier molecular flexibility index (Phi) is 2.46. The zero-order chi connectivity index (χ0) is 9.90. The summed E-state index contributed by atoms with van der Waals surface area (Å²) in [7, 11) is 0. The van der Waals surface area contributed by atoms with Crippen molar-refractivity contribution in [1.82, 2.24) is 0 Å². The van der Waals surface area contributed by atoms with Gasteiger partial charge in [-0.15, -0.1) is 0 Å². The van der Waals surface area contributed by atoms with Crippen LogP contribution < -0.4 is 4.74 Å². The van der Waals surface area contributed by atoms with Crippen LogP contribution in [0.3, 0.4) is 0 Å². The van der Waals surface area contributed by atoms with E-state index in [1.807, 2.05) is 0 Å². The molecule has 0 aliphatic carbocycles. The fourth-order valence-electron chi connectivity index (χ4n) is 0.680. The van der Waals surface area contributed by atoms with Crippen LogP contribution in [0.1, 0.15) is 0 Å². The van der Waals surface area contributed by atoms with Gasteiger partial charge in [-0.05, 0) is 12.1 Å². The van der Waals surface area contributed by atoms with Crippen LogP contribution in [-0.2, 0) is 4.79 Å². The highest BCUT2D eigenvalue weighted by Gasteiger charge is 2.42. The molecule has 1 N–H and O–H groups in total. The molecule has 0 aliphatic heterocycles. The predicted molar refractivity (Wildman–Crippen MR) is 39.7 cm³/mol. The van der Waals surface area contributed by atoms with Crippen molar-refractivity contribution >= 4 is 5.97 Å². The highest BCUT2D eigenvalue weighted by Crippen LogP contribution is 2.20. The smallest absolute Gasteiger partial charge is 0.474 e. The quantitative estimate of drug-likeness (QED) is 0.783. The van der Waals surface area contributed by atoms with Crippen molar-refractivity contribution < 1.29 is 23.4 Å². The summed E-state index contributed by atoms with van der Waals surface area (Å²) in [5, 5.41) is 8.03. The van der Waals surface area contributed by atoms with Gasteiger partial charge >= 0.3 is 12.1 Å². The molecular formula is C8H6F2O3. The Morgan fingerprint density at radius 2 is 1.85 bits per heavy atom. The summed E-state index contributed by atoms with van der Waals surface area (Å²) in [5.41, 5.74) is 0. The third kappa shape index (κ3) is 2.40. The lowest BCUT2D eigenvalue weighted by Crippen LogP contribution is -2.34. The summed E-state index contributed by atoms with van der Waals surface area (Å²) in [5.74, 6) is -2.49. The molecule has 0 radical (unpaired) electrons. The summed E-state index contributed by atoms with van der Waals surface area (Å²) in [4.78, 5) is 9.95. The minimum absolute atomic E-state index is 0.185. The maximum Gasteiger partial charge on any atom is 0.501 e. The number of hydrogen-bond donors (Lipinski definition) is 1. The van der Waals surface area contributed by atoms with Gasteiger partial charge in [0.15, 0.2) is 0 Å². The lowest BCUT2D eigenvalue weighted by atomic mass is 10.3. The number of halogens is 2. The number of benzene rings is 1. The van der Waals surface area contributed by atoms with E-state index in [-0.39, 0.29) is 5.75 Å². The summed E-state index contributed by atoms with van der Waals surface area (Å²) in [6.07, 6.45) is -4.18. The largest absolute Gasteiger partial charge is 0.501 e. The molecule has 0 fully saturated rings. The number of aliphatic carboxylic acids is 1. The Morgan fingerprint density at radius 1 is 1.31 bits per heavy atom. The van der Waals surface area contributed by atoms with Gasteiger partial charge < -0.3 is 9.84 Å². The molecule has 1 aromatic rings. The molecule has 0 amide bonds. The fourth-order valence-corrected chi connectivity index (χ4v) is 0.680. The van der Waals surface area contributed by atoms with Crippen molar-refractivity contribution in [2.75, 3.05) is 0 Å². The van der Waals surface area contributed by atoms with Gasteiger partial charge in [-0.1, -0.05) is 18.2 Å². The summed E-state index contributed by atoms with van der Waals surface area (Å²) >= 11 is 0. The molecule has 3 nitrogen and oxygen atoms in total. The number of para-hydroxylation sites is 1. The van der Waals surface area contributed by atoms with Crippen molar-refractivity contribution in [3.05, 3.63) is 30.3 Å². The molecule has 0 aliphatic rings. The van der Waals surface area contributed by atoms with Crippen molar-refractivity contribution in [3.63, 3.8) is 0 Å². The van der Waals surface area contributed by atoms with Gasteiger partial charge in [0.1, 0.15) is 5.75 Å². The minimum Gasteiger partial charge on any atom is -0.474 e. The molecule has 70 valence electrons. The van der Waals surface area contributed by atoms with Crippen LogP contribution in [0.2, 0.25) is 0 Å². The molecule has 13 heavy (non-hydrogen) atoms. The fraction of sp³-hybridized carbons (Fsp3) is 0.125. The maximum atomic E-state index is 12.4. The third-order valence-electron chi connectivity index (χ3n) is 1.24. The van der Waals surface area contributed by atoms with Crippen molar-refractivity contribution in [3.8, 4) is 5.75 Å². The zero-order valence-corrected chi connectivity index (χ0v) is 6.41. The van der Waals surface area contributed by atoms with Gasteiger partial charge in [0, 0.05) is 0 Å². The molecule has 0 aromatic heterocycles. The predicted octanol–water partition coefficient (Wildman–Crippen LogP) is 1.74. The highest BCUT2D eigenvalue weighted by atomic mass is 19.2. The number of carboxylic acid groups (broad SMARTS) is 1. The standard InChI is InChI=1S/C8H6F2O3/c9-8(10,7(11)12)13-6-4-2-1-3-5-6/h1-5H,(H,11,12)/i9-1. The summed E-state index contributed by atoms with van der Waals surface area (Å²) in [6, 6.07) is 7.03. The Balaban J connectivity index is 2.75. The normalized spacial score (nSPS) is 14.6. The van der Waals surface area contributed by atoms with Crippen LogP contribution in [0.5, 0.6) is 5.75 Å². The third-order valence-corrected chi connectivity index (χ3v) is 1.24. The van der Waals surface area contributed by atoms with Gasteiger partial charge in [-0.3, -0.25) is 0 Å². The first-order valence-electron chi connectivity index (χ1n) is 3.37. The number of carboxylic acids is 1. The number of carbonyl (C=O) groups is 1. The zero-order valence-electron chi connectivity index (χ0n) is 6.41. The van der Waals surface area contributed by atoms with Crippen LogP contribution in [0.4, 0.5) is 8.78 Å². The van der Waals surface area contributed by atoms with Crippen LogP contribution in [0.25, 0.3) is 0 Å². The number of rotatable bonds is 3. The van der Waals surface area contributed by atoms with E-state index in [1.165, 1.54) is 24.3 Å². The van der Waals surface area contributed by atoms with Gasteiger partial charge in [-0.25, -0.2) is 4.79 Å². The minimum atomic E-state index is -4.18. The lowest BCUT2D eigenvalue weighted by molar-refractivity contribution is -0.210. The lowest BCUT2D eigenvalue weighted by Gasteiger charge is -2.12. The first kappa shape index (κ1) is 9.44. The van der Waals surface area contributed by atoms with Gasteiger partial charge in [-0.2, -0.15) is 8.78 Å². The summed E-state index contributed by atoms with van der Waals surface area (Å²) in [6.45, 7) is 0. The van der Waals surface area contributed by atoms with E-state index >= 15 is 0 Å². The second kappa shape index (κ2) is 3.38. The Morgan fingerprint density at radius 3 is 2.31 bits per heavy atom. The number of hydrogen-bond acceptors (Lipinski definition) is 2. The molecule has 5 heteroatoms. The molecule has 0 bridgehead atoms. The van der Waals surface area contributed by atoms with Crippen LogP contribution in [0, 0.1) is 0 Å². The van der Waals surface area contributed by atoms with Crippen LogP contribution in [0.15, 0.2) is 30.3 Å². The number of alkyl halides is 2. The first-order chi connectivity index (χ1) is 6.02. The van der Waals surface area contributed by atoms with Crippen molar-refractivity contribution in [2.24, 2.45) is 0 Å². The highest BCUT2D eigenvalue weighted by molar-refractivity contribution is 5.73. The second-order valence-electron chi connectivity index (χ2n) is 2.24. The molecule has 0 saturated carbocycles. The molecule has 0 saturated heterocycles. The van der Waals surface area contributed by atoms with E-state index in [1.54, 1.807) is 6.07 Å². The first-order valence-corrected chi connectivity index (χ1v) is 3.37. The van der Waals surface area contributed by atoms with Crippen LogP contribution >= 0.6 is 0 Å². The molecular weight excluding hydrogens is 181 g/mol. The van der Waals surface area contributed by atoms with E-state index in [2.05, 4.69) is 4.74 Å². The Bertz CT molecular complexity index is 298. The second-order valence-corrected chi connectivity index (χ2v) is 2.24. The average molecular weight is 187 g/mol. The Labute approximate surface area is 72.6 Å².